The highest BCUT2D eigenvalue weighted by molar-refractivity contribution is 9.09. The van der Waals surface area contributed by atoms with E-state index in [-0.39, 0.29) is 11.8 Å². The Hall–Kier alpha value is -0.580. The number of alkyl halides is 1. The maximum atomic E-state index is 11.7. The van der Waals surface area contributed by atoms with Gasteiger partial charge in [0.2, 0.25) is 0 Å². The fraction of sp³-hybridized carbons (Fsp3) is 0.818. The molecule has 0 aromatic rings. The minimum Gasteiger partial charge on any atom is -0.336 e. The lowest BCUT2D eigenvalue weighted by molar-refractivity contribution is -0.155. The molecule has 0 N–H and O–H groups in total. The van der Waals surface area contributed by atoms with E-state index in [9.17, 15) is 9.59 Å². The van der Waals surface area contributed by atoms with Gasteiger partial charge in [0.15, 0.2) is 0 Å². The van der Waals surface area contributed by atoms with Crippen LogP contribution in [0.3, 0.4) is 0 Å². The van der Waals surface area contributed by atoms with Gasteiger partial charge in [-0.3, -0.25) is 9.59 Å². The Kier molecular flexibility index (Phi) is 5.25. The van der Waals surface area contributed by atoms with Crippen molar-refractivity contribution in [1.82, 2.24) is 9.80 Å². The van der Waals surface area contributed by atoms with E-state index in [2.05, 4.69) is 22.9 Å². The zero-order valence-corrected chi connectivity index (χ0v) is 11.5. The number of nitrogens with zero attached hydrogens (tertiary/aromatic N) is 2. The Balaban J connectivity index is 2.54. The van der Waals surface area contributed by atoms with Crippen molar-refractivity contribution in [3.8, 4) is 0 Å². The molecule has 1 saturated heterocycles. The Bertz CT molecular complexity index is 271. The Morgan fingerprint density at radius 1 is 1.31 bits per heavy atom. The molecule has 1 atom stereocenters. The number of halogens is 1. The highest BCUT2D eigenvalue weighted by atomic mass is 79.9. The second-order valence-electron chi connectivity index (χ2n) is 4.29. The van der Waals surface area contributed by atoms with E-state index in [0.29, 0.717) is 25.6 Å². The third-order valence-corrected chi connectivity index (χ3v) is 3.83. The van der Waals surface area contributed by atoms with Crippen LogP contribution in [0, 0.1) is 5.92 Å². The summed E-state index contributed by atoms with van der Waals surface area (Å²) < 4.78 is 0. The molecule has 5 heteroatoms. The second-order valence-corrected chi connectivity index (χ2v) is 4.93. The summed E-state index contributed by atoms with van der Waals surface area (Å²) in [6.45, 7) is 4.13. The van der Waals surface area contributed by atoms with Crippen molar-refractivity contribution >= 4 is 27.7 Å². The van der Waals surface area contributed by atoms with Gasteiger partial charge >= 0.3 is 11.8 Å². The predicted molar refractivity (Wildman–Crippen MR) is 66.4 cm³/mol. The standard InChI is InChI=1S/C11H19BrN2O2/c1-3-4-9(7-12)8-14-6-5-13(2)10(15)11(14)16/h9H,3-8H2,1-2H3. The molecule has 16 heavy (non-hydrogen) atoms. The van der Waals surface area contributed by atoms with Crippen LogP contribution in [0.5, 0.6) is 0 Å². The Morgan fingerprint density at radius 2 is 2.00 bits per heavy atom. The largest absolute Gasteiger partial charge is 0.336 e. The van der Waals surface area contributed by atoms with Gasteiger partial charge in [0.05, 0.1) is 0 Å². The number of amides is 2. The zero-order chi connectivity index (χ0) is 12.1. The van der Waals surface area contributed by atoms with Crippen LogP contribution in [0.25, 0.3) is 0 Å². The molecule has 1 aliphatic rings. The lowest BCUT2D eigenvalue weighted by Gasteiger charge is -2.33. The fourth-order valence-corrected chi connectivity index (χ4v) is 2.41. The number of carbonyl (C=O) groups is 2. The minimum absolute atomic E-state index is 0.351. The normalized spacial score (nSPS) is 19.2. The maximum Gasteiger partial charge on any atom is 0.312 e. The van der Waals surface area contributed by atoms with Crippen LogP contribution in [-0.2, 0) is 9.59 Å². The first-order chi connectivity index (χ1) is 7.60. The highest BCUT2D eigenvalue weighted by Gasteiger charge is 2.31. The first-order valence-corrected chi connectivity index (χ1v) is 6.82. The number of likely N-dealkylation sites (N-methyl/N-ethyl adjacent to an activating group) is 1. The summed E-state index contributed by atoms with van der Waals surface area (Å²) in [4.78, 5) is 26.4. The molecule has 0 bridgehead atoms. The van der Waals surface area contributed by atoms with E-state index < -0.39 is 0 Å². The smallest absolute Gasteiger partial charge is 0.312 e. The van der Waals surface area contributed by atoms with Crippen molar-refractivity contribution in [3.05, 3.63) is 0 Å². The molecule has 1 rings (SSSR count). The summed E-state index contributed by atoms with van der Waals surface area (Å²) >= 11 is 3.46. The molecule has 1 heterocycles. The number of rotatable bonds is 5. The molecule has 0 aliphatic carbocycles. The molecule has 1 fully saturated rings. The van der Waals surface area contributed by atoms with E-state index in [1.165, 1.54) is 4.90 Å². The van der Waals surface area contributed by atoms with Crippen molar-refractivity contribution in [1.29, 1.82) is 0 Å². The van der Waals surface area contributed by atoms with Crippen molar-refractivity contribution in [3.63, 3.8) is 0 Å². The third kappa shape index (κ3) is 3.20. The number of carbonyl (C=O) groups excluding carboxylic acids is 2. The van der Waals surface area contributed by atoms with Crippen LogP contribution in [-0.4, -0.2) is 53.6 Å². The van der Waals surface area contributed by atoms with Gasteiger partial charge in [-0.2, -0.15) is 0 Å². The first kappa shape index (κ1) is 13.5. The molecular weight excluding hydrogens is 272 g/mol. The lowest BCUT2D eigenvalue weighted by Crippen LogP contribution is -2.53. The minimum atomic E-state index is -0.379. The van der Waals surface area contributed by atoms with Gasteiger partial charge in [0.25, 0.3) is 0 Å². The molecule has 4 nitrogen and oxygen atoms in total. The van der Waals surface area contributed by atoms with Crippen LogP contribution >= 0.6 is 15.9 Å². The lowest BCUT2D eigenvalue weighted by atomic mass is 10.1. The topological polar surface area (TPSA) is 40.6 Å². The van der Waals surface area contributed by atoms with Crippen LogP contribution in [0.15, 0.2) is 0 Å². The van der Waals surface area contributed by atoms with Crippen molar-refractivity contribution in [2.75, 3.05) is 32.0 Å². The van der Waals surface area contributed by atoms with Gasteiger partial charge in [0, 0.05) is 32.0 Å². The van der Waals surface area contributed by atoms with E-state index in [0.717, 1.165) is 18.2 Å². The predicted octanol–water partition coefficient (Wildman–Crippen LogP) is 1.10. The Morgan fingerprint density at radius 3 is 2.56 bits per heavy atom. The van der Waals surface area contributed by atoms with Gasteiger partial charge in [-0.05, 0) is 12.3 Å². The van der Waals surface area contributed by atoms with Crippen LogP contribution in [0.4, 0.5) is 0 Å². The van der Waals surface area contributed by atoms with E-state index in [1.54, 1.807) is 11.9 Å². The summed E-state index contributed by atoms with van der Waals surface area (Å²) in [5.41, 5.74) is 0. The monoisotopic (exact) mass is 290 g/mol. The summed E-state index contributed by atoms with van der Waals surface area (Å²) in [7, 11) is 1.67. The molecule has 0 aromatic carbocycles. The summed E-state index contributed by atoms with van der Waals surface area (Å²) in [5.74, 6) is -0.281. The van der Waals surface area contributed by atoms with Gasteiger partial charge in [-0.1, -0.05) is 29.3 Å². The third-order valence-electron chi connectivity index (χ3n) is 2.92. The molecule has 2 amide bonds. The molecule has 1 unspecified atom stereocenters. The number of piperazine rings is 1. The number of hydrogen-bond acceptors (Lipinski definition) is 2. The van der Waals surface area contributed by atoms with Gasteiger partial charge in [-0.25, -0.2) is 0 Å². The van der Waals surface area contributed by atoms with Crippen LogP contribution < -0.4 is 0 Å². The van der Waals surface area contributed by atoms with Gasteiger partial charge in [-0.15, -0.1) is 0 Å². The average Bonchev–Trinajstić information content (AvgIpc) is 2.29. The zero-order valence-electron chi connectivity index (χ0n) is 9.91. The molecular formula is C11H19BrN2O2. The van der Waals surface area contributed by atoms with Crippen molar-refractivity contribution in [2.24, 2.45) is 5.92 Å². The molecule has 92 valence electrons. The summed E-state index contributed by atoms with van der Waals surface area (Å²) in [6.07, 6.45) is 2.19. The molecule has 0 aromatic heterocycles. The van der Waals surface area contributed by atoms with Crippen molar-refractivity contribution in [2.45, 2.75) is 19.8 Å². The van der Waals surface area contributed by atoms with Gasteiger partial charge < -0.3 is 9.80 Å². The fourth-order valence-electron chi connectivity index (χ4n) is 1.88. The quantitative estimate of drug-likeness (QED) is 0.562. The maximum absolute atomic E-state index is 11.7. The average molecular weight is 291 g/mol. The Labute approximate surface area is 105 Å². The van der Waals surface area contributed by atoms with E-state index in [1.807, 2.05) is 0 Å². The molecule has 1 aliphatic heterocycles. The molecule has 0 radical (unpaired) electrons. The number of hydrogen-bond donors (Lipinski definition) is 0. The molecule has 0 saturated carbocycles. The van der Waals surface area contributed by atoms with Crippen LogP contribution in [0.2, 0.25) is 0 Å². The second kappa shape index (κ2) is 6.23. The summed E-state index contributed by atoms with van der Waals surface area (Å²) in [5, 5.41) is 0.884. The van der Waals surface area contributed by atoms with E-state index >= 15 is 0 Å². The van der Waals surface area contributed by atoms with Gasteiger partial charge in [0.1, 0.15) is 0 Å². The van der Waals surface area contributed by atoms with Crippen LogP contribution in [0.1, 0.15) is 19.8 Å². The highest BCUT2D eigenvalue weighted by Crippen LogP contribution is 2.14. The summed E-state index contributed by atoms with van der Waals surface area (Å²) in [6, 6.07) is 0. The SMILES string of the molecule is CCCC(CBr)CN1CCN(C)C(=O)C1=O. The van der Waals surface area contributed by atoms with E-state index in [4.69, 9.17) is 0 Å². The first-order valence-electron chi connectivity index (χ1n) is 5.70. The molecule has 0 spiro atoms. The van der Waals surface area contributed by atoms with Crippen molar-refractivity contribution < 1.29 is 9.59 Å².